The van der Waals surface area contributed by atoms with Crippen LogP contribution in [0.1, 0.15) is 12.0 Å². The zero-order valence-electron chi connectivity index (χ0n) is 17.0. The molecule has 0 bridgehead atoms. The Bertz CT molecular complexity index is 1430. The average Bonchev–Trinajstić information content (AvgIpc) is 3.44. The predicted octanol–water partition coefficient (Wildman–Crippen LogP) is 3.03. The molecule has 0 fully saturated rings. The molecule has 4 N–H and O–H groups in total. The summed E-state index contributed by atoms with van der Waals surface area (Å²) in [5.41, 5.74) is 8.35. The van der Waals surface area contributed by atoms with Gasteiger partial charge in [0.25, 0.3) is 11.8 Å². The number of amides is 2. The molecular formula is C23H20N6O2S. The van der Waals surface area contributed by atoms with Crippen molar-refractivity contribution < 1.29 is 9.59 Å². The summed E-state index contributed by atoms with van der Waals surface area (Å²) in [6.07, 6.45) is 6.17. The van der Waals surface area contributed by atoms with Crippen LogP contribution in [-0.2, 0) is 16.1 Å². The molecule has 0 radical (unpaired) electrons. The van der Waals surface area contributed by atoms with Gasteiger partial charge in [0, 0.05) is 52.7 Å². The van der Waals surface area contributed by atoms with E-state index in [2.05, 4.69) is 14.9 Å². The minimum Gasteiger partial charge on any atom is -0.379 e. The molecule has 0 aliphatic carbocycles. The smallest absolute Gasteiger partial charge is 0.275 e. The number of pyridine rings is 1. The molecule has 2 amide bonds. The normalized spacial score (nSPS) is 14.0. The number of amidine groups is 1. The minimum absolute atomic E-state index is 0.103. The Morgan fingerprint density at radius 3 is 2.81 bits per heavy atom. The van der Waals surface area contributed by atoms with Crippen LogP contribution in [0.5, 0.6) is 0 Å². The van der Waals surface area contributed by atoms with Crippen LogP contribution in [0.4, 0.5) is 0 Å². The summed E-state index contributed by atoms with van der Waals surface area (Å²) in [7, 11) is 0. The third-order valence-corrected chi connectivity index (χ3v) is 6.26. The van der Waals surface area contributed by atoms with Crippen LogP contribution in [0.25, 0.3) is 33.2 Å². The number of nitrogens with two attached hydrogens (primary N) is 1. The van der Waals surface area contributed by atoms with E-state index in [-0.39, 0.29) is 10.9 Å². The molecule has 3 aromatic heterocycles. The highest BCUT2D eigenvalue weighted by molar-refractivity contribution is 8.13. The van der Waals surface area contributed by atoms with E-state index < -0.39 is 11.8 Å². The van der Waals surface area contributed by atoms with E-state index in [1.165, 1.54) is 11.8 Å². The standard InChI is InChI=1S/C23H20N6O2S/c24-23(25)32-12-4-10-28-13-16(15-6-1-2-7-17(15)28)18-19(22(31)27-21(18)30)29-11-8-14-5-3-9-26-20(14)29/h1-3,5-9,11,13H,4,10,12H2,(H3,24,25)(H,27,30,31). The number of nitrogens with zero attached hydrogens (tertiary/aromatic N) is 3. The monoisotopic (exact) mass is 444 g/mol. The number of para-hydroxylation sites is 1. The first-order valence-electron chi connectivity index (χ1n) is 10.1. The molecule has 1 aromatic carbocycles. The Hall–Kier alpha value is -3.85. The molecule has 0 spiro atoms. The molecule has 160 valence electrons. The lowest BCUT2D eigenvalue weighted by molar-refractivity contribution is -0.122. The second-order valence-corrected chi connectivity index (χ2v) is 8.57. The molecular weight excluding hydrogens is 424 g/mol. The zero-order valence-corrected chi connectivity index (χ0v) is 17.9. The molecule has 0 atom stereocenters. The van der Waals surface area contributed by atoms with Crippen molar-refractivity contribution >= 4 is 62.0 Å². The number of carbonyl (C=O) groups is 2. The molecule has 4 aromatic rings. The van der Waals surface area contributed by atoms with Crippen LogP contribution in [0.3, 0.4) is 0 Å². The number of benzene rings is 1. The van der Waals surface area contributed by atoms with Gasteiger partial charge in [0.2, 0.25) is 0 Å². The lowest BCUT2D eigenvalue weighted by atomic mass is 10.0. The molecule has 32 heavy (non-hydrogen) atoms. The van der Waals surface area contributed by atoms with Gasteiger partial charge in [0.15, 0.2) is 5.17 Å². The maximum absolute atomic E-state index is 12.9. The lowest BCUT2D eigenvalue weighted by Crippen LogP contribution is -2.23. The van der Waals surface area contributed by atoms with E-state index in [0.29, 0.717) is 23.3 Å². The van der Waals surface area contributed by atoms with Gasteiger partial charge < -0.3 is 10.3 Å². The number of nitrogens with one attached hydrogen (secondary N) is 2. The third-order valence-electron chi connectivity index (χ3n) is 5.45. The fourth-order valence-electron chi connectivity index (χ4n) is 4.12. The summed E-state index contributed by atoms with van der Waals surface area (Å²) in [6.45, 7) is 0.701. The number of aryl methyl sites for hydroxylation is 1. The summed E-state index contributed by atoms with van der Waals surface area (Å²) < 4.78 is 3.76. The number of aromatic nitrogens is 3. The van der Waals surface area contributed by atoms with Gasteiger partial charge in [0.05, 0.1) is 5.57 Å². The Morgan fingerprint density at radius 2 is 1.97 bits per heavy atom. The maximum atomic E-state index is 12.9. The van der Waals surface area contributed by atoms with Gasteiger partial charge in [-0.2, -0.15) is 0 Å². The highest BCUT2D eigenvalue weighted by Crippen LogP contribution is 2.35. The molecule has 8 nitrogen and oxygen atoms in total. The van der Waals surface area contributed by atoms with Gasteiger partial charge in [-0.3, -0.25) is 24.9 Å². The van der Waals surface area contributed by atoms with E-state index in [4.69, 9.17) is 11.1 Å². The summed E-state index contributed by atoms with van der Waals surface area (Å²) in [6, 6.07) is 13.4. The number of imide groups is 1. The summed E-state index contributed by atoms with van der Waals surface area (Å²) in [5, 5.41) is 11.7. The molecule has 0 saturated heterocycles. The quantitative estimate of drug-likeness (QED) is 0.183. The number of hydrogen-bond acceptors (Lipinski definition) is 5. The van der Waals surface area contributed by atoms with Crippen molar-refractivity contribution in [2.24, 2.45) is 5.73 Å². The van der Waals surface area contributed by atoms with Crippen molar-refractivity contribution in [3.8, 4) is 0 Å². The van der Waals surface area contributed by atoms with Crippen LogP contribution in [-0.4, -0.2) is 36.9 Å². The number of thioether (sulfide) groups is 1. The maximum Gasteiger partial charge on any atom is 0.275 e. The topological polar surface area (TPSA) is 119 Å². The van der Waals surface area contributed by atoms with Crippen molar-refractivity contribution in [1.82, 2.24) is 19.4 Å². The van der Waals surface area contributed by atoms with Gasteiger partial charge in [0.1, 0.15) is 11.3 Å². The van der Waals surface area contributed by atoms with Gasteiger partial charge in [-0.1, -0.05) is 30.0 Å². The van der Waals surface area contributed by atoms with Gasteiger partial charge >= 0.3 is 0 Å². The van der Waals surface area contributed by atoms with Crippen LogP contribution in [0.15, 0.2) is 61.1 Å². The second-order valence-electron chi connectivity index (χ2n) is 7.43. The highest BCUT2D eigenvalue weighted by Gasteiger charge is 2.34. The zero-order chi connectivity index (χ0) is 22.2. The fraction of sp³-hybridized carbons (Fsp3) is 0.130. The predicted molar refractivity (Wildman–Crippen MR) is 127 cm³/mol. The van der Waals surface area contributed by atoms with Crippen LogP contribution >= 0.6 is 11.8 Å². The van der Waals surface area contributed by atoms with Gasteiger partial charge in [-0.25, -0.2) is 4.98 Å². The Balaban J connectivity index is 1.65. The summed E-state index contributed by atoms with van der Waals surface area (Å²) in [5.74, 6) is -0.133. The van der Waals surface area contributed by atoms with Gasteiger partial charge in [-0.05, 0) is 30.7 Å². The minimum atomic E-state index is -0.442. The molecule has 5 rings (SSSR count). The largest absolute Gasteiger partial charge is 0.379 e. The van der Waals surface area contributed by atoms with E-state index in [1.54, 1.807) is 17.0 Å². The molecule has 0 unspecified atom stereocenters. The summed E-state index contributed by atoms with van der Waals surface area (Å²) >= 11 is 1.31. The van der Waals surface area contributed by atoms with E-state index in [9.17, 15) is 9.59 Å². The lowest BCUT2D eigenvalue weighted by Gasteiger charge is -2.06. The second kappa shape index (κ2) is 8.01. The first-order chi connectivity index (χ1) is 15.5. The molecule has 0 saturated carbocycles. The van der Waals surface area contributed by atoms with Crippen LogP contribution in [0, 0.1) is 5.41 Å². The number of rotatable bonds is 6. The van der Waals surface area contributed by atoms with Crippen molar-refractivity contribution in [3.05, 3.63) is 66.6 Å². The average molecular weight is 445 g/mol. The highest BCUT2D eigenvalue weighted by atomic mass is 32.2. The molecule has 9 heteroatoms. The van der Waals surface area contributed by atoms with Crippen molar-refractivity contribution in [2.45, 2.75) is 13.0 Å². The van der Waals surface area contributed by atoms with Crippen molar-refractivity contribution in [3.63, 3.8) is 0 Å². The van der Waals surface area contributed by atoms with Crippen molar-refractivity contribution in [2.75, 3.05) is 5.75 Å². The van der Waals surface area contributed by atoms with Crippen LogP contribution in [0.2, 0.25) is 0 Å². The van der Waals surface area contributed by atoms with E-state index in [1.807, 2.05) is 48.7 Å². The Labute approximate surface area is 187 Å². The van der Waals surface area contributed by atoms with Crippen molar-refractivity contribution in [1.29, 1.82) is 5.41 Å². The molecule has 4 heterocycles. The first kappa shape index (κ1) is 20.1. The van der Waals surface area contributed by atoms with Gasteiger partial charge in [-0.15, -0.1) is 0 Å². The van der Waals surface area contributed by atoms with E-state index >= 15 is 0 Å². The first-order valence-corrected chi connectivity index (χ1v) is 11.1. The molecule has 1 aliphatic rings. The SMILES string of the molecule is N=C(N)SCCCn1cc(C2=C(n3ccc4cccnc43)C(=O)NC2=O)c2ccccc21. The Kier molecular flexibility index (Phi) is 5.02. The fourth-order valence-corrected chi connectivity index (χ4v) is 4.61. The van der Waals surface area contributed by atoms with E-state index in [0.717, 1.165) is 28.5 Å². The van der Waals surface area contributed by atoms with Crippen LogP contribution < -0.4 is 11.1 Å². The number of hydrogen-bond donors (Lipinski definition) is 3. The summed E-state index contributed by atoms with van der Waals surface area (Å²) in [4.78, 5) is 30.2. The number of fused-ring (bicyclic) bond motifs is 2. The third kappa shape index (κ3) is 3.36. The Morgan fingerprint density at radius 1 is 1.12 bits per heavy atom. The molecule has 1 aliphatic heterocycles. The number of carbonyl (C=O) groups excluding carboxylic acids is 2.